The molecule has 4 aliphatic rings. The number of allylic oxidation sites excluding steroid dienone is 6. The van der Waals surface area contributed by atoms with E-state index in [4.69, 9.17) is 4.42 Å². The Hall–Kier alpha value is -3.58. The highest BCUT2D eigenvalue weighted by atomic mass is 16.3. The molecule has 0 saturated heterocycles. The van der Waals surface area contributed by atoms with Crippen LogP contribution in [0.4, 0.5) is 5.69 Å². The number of anilines is 1. The van der Waals surface area contributed by atoms with Crippen LogP contribution in [0.2, 0.25) is 0 Å². The van der Waals surface area contributed by atoms with Crippen molar-refractivity contribution in [2.75, 3.05) is 18.0 Å². The van der Waals surface area contributed by atoms with Crippen LogP contribution >= 0.6 is 0 Å². The van der Waals surface area contributed by atoms with E-state index in [2.05, 4.69) is 54.1 Å². The molecule has 37 heavy (non-hydrogen) atoms. The lowest BCUT2D eigenvalue weighted by Crippen LogP contribution is -2.34. The number of fused-ring (bicyclic) bond motifs is 2. The van der Waals surface area contributed by atoms with Gasteiger partial charge in [-0.15, -0.1) is 0 Å². The molecule has 1 unspecified atom stereocenters. The maximum absolute atomic E-state index is 10.2. The van der Waals surface area contributed by atoms with Gasteiger partial charge in [-0.3, -0.25) is 0 Å². The van der Waals surface area contributed by atoms with Crippen molar-refractivity contribution in [3.63, 3.8) is 0 Å². The first-order valence-corrected chi connectivity index (χ1v) is 13.8. The molecule has 4 heteroatoms. The predicted molar refractivity (Wildman–Crippen MR) is 149 cm³/mol. The number of oxazole rings is 1. The zero-order chi connectivity index (χ0) is 25.1. The molecule has 0 radical (unpaired) electrons. The van der Waals surface area contributed by atoms with E-state index in [0.29, 0.717) is 17.4 Å². The van der Waals surface area contributed by atoms with Crippen molar-refractivity contribution >= 4 is 27.9 Å². The van der Waals surface area contributed by atoms with E-state index in [0.717, 1.165) is 35.9 Å². The largest absolute Gasteiger partial charge is 0.435 e. The third-order valence-corrected chi connectivity index (χ3v) is 9.02. The monoisotopic (exact) mass is 487 g/mol. The van der Waals surface area contributed by atoms with E-state index < -0.39 is 0 Å². The van der Waals surface area contributed by atoms with Gasteiger partial charge in [-0.05, 0) is 114 Å². The Labute approximate surface area is 219 Å². The molecule has 1 atom stereocenters. The van der Waals surface area contributed by atoms with Crippen molar-refractivity contribution in [3.8, 4) is 6.07 Å². The molecule has 0 N–H and O–H groups in total. The first-order chi connectivity index (χ1) is 18.0. The molecule has 3 aromatic rings. The normalized spacial score (nSPS) is 23.5. The minimum Gasteiger partial charge on any atom is -0.435 e. The smallest absolute Gasteiger partial charge is 0.238 e. The number of nitrogens with zero attached hydrogens (tertiary/aromatic N) is 3. The maximum Gasteiger partial charge on any atom is 0.238 e. The van der Waals surface area contributed by atoms with Crippen molar-refractivity contribution < 1.29 is 4.42 Å². The number of rotatable bonds is 2. The van der Waals surface area contributed by atoms with Crippen LogP contribution < -0.4 is 4.90 Å². The van der Waals surface area contributed by atoms with E-state index in [1.54, 1.807) is 11.1 Å². The molecule has 0 bridgehead atoms. The quantitative estimate of drug-likeness (QED) is 0.348. The van der Waals surface area contributed by atoms with Gasteiger partial charge in [0.25, 0.3) is 0 Å². The van der Waals surface area contributed by atoms with Crippen LogP contribution in [0.3, 0.4) is 0 Å². The fraction of sp³-hybridized carbons (Fsp3) is 0.394. The highest BCUT2D eigenvalue weighted by molar-refractivity contribution is 5.83. The van der Waals surface area contributed by atoms with Crippen molar-refractivity contribution in [1.82, 2.24) is 4.98 Å². The van der Waals surface area contributed by atoms with Gasteiger partial charge in [-0.2, -0.15) is 5.26 Å². The van der Waals surface area contributed by atoms with Gasteiger partial charge in [-0.25, -0.2) is 4.98 Å². The molecule has 2 aliphatic carbocycles. The number of para-hydroxylation sites is 2. The van der Waals surface area contributed by atoms with Crippen LogP contribution in [0.25, 0.3) is 22.2 Å². The molecule has 0 amide bonds. The predicted octanol–water partition coefficient (Wildman–Crippen LogP) is 7.65. The van der Waals surface area contributed by atoms with E-state index >= 15 is 0 Å². The molecule has 0 spiro atoms. The van der Waals surface area contributed by atoms with Gasteiger partial charge in [-0.1, -0.05) is 38.1 Å². The van der Waals surface area contributed by atoms with Crippen molar-refractivity contribution in [2.45, 2.75) is 58.8 Å². The topological polar surface area (TPSA) is 53.1 Å². The molecular formula is C33H33N3O. The van der Waals surface area contributed by atoms with Gasteiger partial charge in [0.1, 0.15) is 17.2 Å². The summed E-state index contributed by atoms with van der Waals surface area (Å²) in [4.78, 5) is 7.27. The SMILES string of the molecule is CC1(C)C/C(=C(/C#N)c2nc3ccccc3o2)C=C2C=C(c3cc4c5c(c3)CCCN5CCC4)CCC21. The minimum atomic E-state index is 0.0674. The second kappa shape index (κ2) is 8.48. The van der Waals surface area contributed by atoms with E-state index in [-0.39, 0.29) is 5.41 Å². The number of aromatic nitrogens is 1. The first-order valence-electron chi connectivity index (χ1n) is 13.8. The third kappa shape index (κ3) is 3.75. The Kier molecular flexibility index (Phi) is 5.18. The zero-order valence-corrected chi connectivity index (χ0v) is 21.8. The highest BCUT2D eigenvalue weighted by Gasteiger charge is 2.39. The number of nitriles is 1. The summed E-state index contributed by atoms with van der Waals surface area (Å²) in [5.41, 5.74) is 12.0. The summed E-state index contributed by atoms with van der Waals surface area (Å²) >= 11 is 0. The molecule has 186 valence electrons. The van der Waals surface area contributed by atoms with Crippen LogP contribution in [0, 0.1) is 22.7 Å². The molecule has 2 aromatic carbocycles. The molecule has 7 rings (SSSR count). The van der Waals surface area contributed by atoms with E-state index in [1.165, 1.54) is 61.2 Å². The number of hydrogen-bond donors (Lipinski definition) is 0. The van der Waals surface area contributed by atoms with Crippen LogP contribution in [0.5, 0.6) is 0 Å². The van der Waals surface area contributed by atoms with Crippen LogP contribution in [0.1, 0.15) is 68.5 Å². The Bertz CT molecular complexity index is 1490. The minimum absolute atomic E-state index is 0.0674. The third-order valence-electron chi connectivity index (χ3n) is 9.02. The van der Waals surface area contributed by atoms with E-state index in [1.807, 2.05) is 24.3 Å². The Morgan fingerprint density at radius 3 is 2.54 bits per heavy atom. The van der Waals surface area contributed by atoms with Crippen molar-refractivity contribution in [2.24, 2.45) is 11.3 Å². The molecule has 0 saturated carbocycles. The molecule has 4 nitrogen and oxygen atoms in total. The average Bonchev–Trinajstić information content (AvgIpc) is 3.32. The Balaban J connectivity index is 1.32. The van der Waals surface area contributed by atoms with Gasteiger partial charge >= 0.3 is 0 Å². The fourth-order valence-corrected chi connectivity index (χ4v) is 7.30. The van der Waals surface area contributed by atoms with Gasteiger partial charge in [0.05, 0.1) is 0 Å². The Morgan fingerprint density at radius 1 is 1.05 bits per heavy atom. The summed E-state index contributed by atoms with van der Waals surface area (Å²) < 4.78 is 6.02. The number of aryl methyl sites for hydroxylation is 2. The maximum atomic E-state index is 10.2. The van der Waals surface area contributed by atoms with Crippen LogP contribution in [0.15, 0.2) is 64.1 Å². The summed E-state index contributed by atoms with van der Waals surface area (Å²) in [7, 11) is 0. The van der Waals surface area contributed by atoms with Gasteiger partial charge < -0.3 is 9.32 Å². The summed E-state index contributed by atoms with van der Waals surface area (Å²) in [6.07, 6.45) is 12.7. The summed E-state index contributed by atoms with van der Waals surface area (Å²) in [6, 6.07) is 15.1. The van der Waals surface area contributed by atoms with Crippen molar-refractivity contribution in [3.05, 3.63) is 82.3 Å². The second-order valence-electron chi connectivity index (χ2n) is 11.9. The molecule has 0 fully saturated rings. The fourth-order valence-electron chi connectivity index (χ4n) is 7.30. The standard InChI is InChI=1S/C33H33N3O/c1-33(2)19-26(27(20-34)32-35-29-9-3-4-10-30(29)37-32)18-25-15-21(11-12-28(25)33)24-16-22-7-5-13-36-14-6-8-23(17-24)31(22)36/h3-4,9-10,15-18,28H,5-8,11-14,19H2,1-2H3/b27-26-. The summed E-state index contributed by atoms with van der Waals surface area (Å²) in [5, 5.41) is 10.2. The second-order valence-corrected chi connectivity index (χ2v) is 11.9. The lowest BCUT2D eigenvalue weighted by atomic mass is 9.62. The summed E-state index contributed by atoms with van der Waals surface area (Å²) in [6.45, 7) is 7.12. The Morgan fingerprint density at radius 2 is 1.81 bits per heavy atom. The van der Waals surface area contributed by atoms with Gasteiger partial charge in [0.2, 0.25) is 5.89 Å². The number of benzene rings is 2. The van der Waals surface area contributed by atoms with Gasteiger partial charge in [0.15, 0.2) is 5.58 Å². The highest BCUT2D eigenvalue weighted by Crippen LogP contribution is 2.51. The van der Waals surface area contributed by atoms with E-state index in [9.17, 15) is 5.26 Å². The summed E-state index contributed by atoms with van der Waals surface area (Å²) in [5.74, 6) is 0.929. The average molecular weight is 488 g/mol. The van der Waals surface area contributed by atoms with Crippen LogP contribution in [-0.4, -0.2) is 18.1 Å². The first kappa shape index (κ1) is 22.6. The lowest BCUT2D eigenvalue weighted by molar-refractivity contribution is 0.228. The number of hydrogen-bond acceptors (Lipinski definition) is 4. The molecular weight excluding hydrogens is 454 g/mol. The molecule has 1 aromatic heterocycles. The van der Waals surface area contributed by atoms with Crippen LogP contribution in [-0.2, 0) is 12.8 Å². The molecule has 2 aliphatic heterocycles. The van der Waals surface area contributed by atoms with Crippen molar-refractivity contribution in [1.29, 1.82) is 5.26 Å². The zero-order valence-electron chi connectivity index (χ0n) is 21.8. The lowest BCUT2D eigenvalue weighted by Gasteiger charge is -2.42. The van der Waals surface area contributed by atoms with Gasteiger partial charge in [0, 0.05) is 18.8 Å². The molecule has 3 heterocycles.